The molecule has 0 aliphatic carbocycles. The quantitative estimate of drug-likeness (QED) is 0.332. The number of anilines is 1. The van der Waals surface area contributed by atoms with Crippen molar-refractivity contribution in [3.8, 4) is 0 Å². The third-order valence-electron chi connectivity index (χ3n) is 4.23. The molecule has 0 saturated carbocycles. The van der Waals surface area contributed by atoms with Crippen LogP contribution in [0.25, 0.3) is 0 Å². The van der Waals surface area contributed by atoms with Crippen LogP contribution in [0.2, 0.25) is 0 Å². The molecule has 1 heterocycles. The highest BCUT2D eigenvalue weighted by molar-refractivity contribution is 5.91. The van der Waals surface area contributed by atoms with Crippen molar-refractivity contribution >= 4 is 17.3 Å². The Morgan fingerprint density at radius 1 is 1.48 bits per heavy atom. The molecule has 2 rings (SSSR count). The number of ether oxygens (including phenoxy) is 2. The largest absolute Gasteiger partial charge is 0.457 e. The monoisotopic (exact) mass is 351 g/mol. The second kappa shape index (κ2) is 9.33. The molecule has 25 heavy (non-hydrogen) atoms. The molecule has 0 aromatic heterocycles. The molecule has 8 nitrogen and oxygen atoms in total. The van der Waals surface area contributed by atoms with E-state index in [0.29, 0.717) is 25.4 Å². The molecule has 1 aliphatic heterocycles. The molecule has 1 aromatic carbocycles. The molecule has 1 saturated heterocycles. The minimum Gasteiger partial charge on any atom is -0.457 e. The van der Waals surface area contributed by atoms with Gasteiger partial charge in [0, 0.05) is 26.3 Å². The number of nitro benzene ring substituents is 1. The van der Waals surface area contributed by atoms with E-state index in [0.717, 1.165) is 25.9 Å². The van der Waals surface area contributed by atoms with Crippen LogP contribution in [-0.4, -0.2) is 61.8 Å². The number of carbonyl (C=O) groups excluding carboxylic acids is 1. The molecule has 0 spiro atoms. The molecule has 0 bridgehead atoms. The first-order valence-corrected chi connectivity index (χ1v) is 8.49. The highest BCUT2D eigenvalue weighted by atomic mass is 16.6. The van der Waals surface area contributed by atoms with E-state index in [-0.39, 0.29) is 17.4 Å². The van der Waals surface area contributed by atoms with Crippen LogP contribution in [0, 0.1) is 10.1 Å². The van der Waals surface area contributed by atoms with Gasteiger partial charge in [-0.15, -0.1) is 0 Å². The SMILES string of the molecule is CCN1CCCC(OC(=O)c2ccc(NCCOC)c([N+](=O)[O-])c2)C1. The first-order valence-electron chi connectivity index (χ1n) is 8.49. The Labute approximate surface area is 147 Å². The van der Waals surface area contributed by atoms with Gasteiger partial charge >= 0.3 is 5.97 Å². The van der Waals surface area contributed by atoms with Crippen molar-refractivity contribution in [1.29, 1.82) is 0 Å². The Hall–Kier alpha value is -2.19. The number of methoxy groups -OCH3 is 1. The number of nitrogens with one attached hydrogen (secondary N) is 1. The molecular formula is C17H25N3O5. The Kier molecular flexibility index (Phi) is 7.15. The summed E-state index contributed by atoms with van der Waals surface area (Å²) in [5, 5.41) is 14.2. The average Bonchev–Trinajstić information content (AvgIpc) is 2.62. The maximum absolute atomic E-state index is 12.4. The zero-order chi connectivity index (χ0) is 18.2. The van der Waals surface area contributed by atoms with Crippen molar-refractivity contribution < 1.29 is 19.2 Å². The summed E-state index contributed by atoms with van der Waals surface area (Å²) >= 11 is 0. The molecule has 1 fully saturated rings. The summed E-state index contributed by atoms with van der Waals surface area (Å²) in [4.78, 5) is 25.3. The van der Waals surface area contributed by atoms with Crippen molar-refractivity contribution in [1.82, 2.24) is 4.90 Å². The van der Waals surface area contributed by atoms with Gasteiger partial charge in [-0.05, 0) is 38.1 Å². The summed E-state index contributed by atoms with van der Waals surface area (Å²) in [6.07, 6.45) is 1.63. The van der Waals surface area contributed by atoms with E-state index in [1.807, 2.05) is 0 Å². The molecule has 0 amide bonds. The number of esters is 1. The lowest BCUT2D eigenvalue weighted by Gasteiger charge is -2.31. The van der Waals surface area contributed by atoms with Gasteiger partial charge in [0.05, 0.1) is 17.1 Å². The van der Waals surface area contributed by atoms with Crippen LogP contribution in [0.1, 0.15) is 30.1 Å². The third kappa shape index (κ3) is 5.40. The van der Waals surface area contributed by atoms with Gasteiger partial charge in [0.2, 0.25) is 0 Å². The van der Waals surface area contributed by atoms with Crippen molar-refractivity contribution in [2.75, 3.05) is 45.2 Å². The molecule has 1 N–H and O–H groups in total. The van der Waals surface area contributed by atoms with Gasteiger partial charge in [-0.1, -0.05) is 6.92 Å². The normalized spacial score (nSPS) is 17.9. The average molecular weight is 351 g/mol. The summed E-state index contributed by atoms with van der Waals surface area (Å²) in [6.45, 7) is 5.58. The Morgan fingerprint density at radius 3 is 2.96 bits per heavy atom. The number of hydrogen-bond acceptors (Lipinski definition) is 7. The first kappa shape index (κ1) is 19.1. The van der Waals surface area contributed by atoms with Crippen LogP contribution >= 0.6 is 0 Å². The number of carbonyl (C=O) groups is 1. The van der Waals surface area contributed by atoms with Crippen LogP contribution in [0.4, 0.5) is 11.4 Å². The highest BCUT2D eigenvalue weighted by Gasteiger charge is 2.24. The lowest BCUT2D eigenvalue weighted by atomic mass is 10.1. The fraction of sp³-hybridized carbons (Fsp3) is 0.588. The van der Waals surface area contributed by atoms with Crippen LogP contribution in [-0.2, 0) is 9.47 Å². The second-order valence-electron chi connectivity index (χ2n) is 5.97. The number of rotatable bonds is 8. The fourth-order valence-electron chi connectivity index (χ4n) is 2.86. The Balaban J connectivity index is 2.06. The smallest absolute Gasteiger partial charge is 0.338 e. The summed E-state index contributed by atoms with van der Waals surface area (Å²) in [6, 6.07) is 4.34. The van der Waals surface area contributed by atoms with Crippen molar-refractivity contribution in [2.24, 2.45) is 0 Å². The van der Waals surface area contributed by atoms with Gasteiger partial charge in [0.1, 0.15) is 11.8 Å². The molecule has 138 valence electrons. The number of nitro groups is 1. The minimum atomic E-state index is -0.519. The topological polar surface area (TPSA) is 93.9 Å². The van der Waals surface area contributed by atoms with E-state index in [4.69, 9.17) is 9.47 Å². The van der Waals surface area contributed by atoms with E-state index in [1.54, 1.807) is 13.2 Å². The lowest BCUT2D eigenvalue weighted by Crippen LogP contribution is -2.40. The van der Waals surface area contributed by atoms with E-state index in [2.05, 4.69) is 17.1 Å². The highest BCUT2D eigenvalue weighted by Crippen LogP contribution is 2.26. The number of likely N-dealkylation sites (tertiary alicyclic amines) is 1. The van der Waals surface area contributed by atoms with Crippen LogP contribution in [0.5, 0.6) is 0 Å². The summed E-state index contributed by atoms with van der Waals surface area (Å²) in [5.74, 6) is -0.519. The molecule has 1 aliphatic rings. The predicted molar refractivity (Wildman–Crippen MR) is 94.0 cm³/mol. The zero-order valence-electron chi connectivity index (χ0n) is 14.7. The zero-order valence-corrected chi connectivity index (χ0v) is 14.7. The van der Waals surface area contributed by atoms with E-state index < -0.39 is 10.9 Å². The van der Waals surface area contributed by atoms with E-state index >= 15 is 0 Å². The fourth-order valence-corrected chi connectivity index (χ4v) is 2.86. The van der Waals surface area contributed by atoms with Crippen molar-refractivity contribution in [3.05, 3.63) is 33.9 Å². The minimum absolute atomic E-state index is 0.149. The van der Waals surface area contributed by atoms with Gasteiger partial charge in [0.15, 0.2) is 0 Å². The van der Waals surface area contributed by atoms with Crippen LogP contribution in [0.15, 0.2) is 18.2 Å². The standard InChI is InChI=1S/C17H25N3O5/c1-3-19-9-4-5-14(12-19)25-17(21)13-6-7-15(18-8-10-24-2)16(11-13)20(22)23/h6-7,11,14,18H,3-5,8-10,12H2,1-2H3. The van der Waals surface area contributed by atoms with Crippen LogP contribution in [0.3, 0.4) is 0 Å². The predicted octanol–water partition coefficient (Wildman–Crippen LogP) is 2.29. The first-order chi connectivity index (χ1) is 12.0. The maximum Gasteiger partial charge on any atom is 0.338 e. The summed E-state index contributed by atoms with van der Waals surface area (Å²) < 4.78 is 10.5. The van der Waals surface area contributed by atoms with Gasteiger partial charge in [-0.25, -0.2) is 4.79 Å². The van der Waals surface area contributed by atoms with Gasteiger partial charge in [-0.3, -0.25) is 15.0 Å². The van der Waals surface area contributed by atoms with Crippen LogP contribution < -0.4 is 5.32 Å². The lowest BCUT2D eigenvalue weighted by molar-refractivity contribution is -0.384. The summed E-state index contributed by atoms with van der Waals surface area (Å²) in [7, 11) is 1.56. The Morgan fingerprint density at radius 2 is 2.28 bits per heavy atom. The van der Waals surface area contributed by atoms with Crippen molar-refractivity contribution in [3.63, 3.8) is 0 Å². The number of hydrogen-bond donors (Lipinski definition) is 1. The van der Waals surface area contributed by atoms with Crippen molar-refractivity contribution in [2.45, 2.75) is 25.9 Å². The van der Waals surface area contributed by atoms with Gasteiger partial charge in [0.25, 0.3) is 5.69 Å². The third-order valence-corrected chi connectivity index (χ3v) is 4.23. The molecular weight excluding hydrogens is 326 g/mol. The molecule has 0 radical (unpaired) electrons. The van der Waals surface area contributed by atoms with Gasteiger partial charge < -0.3 is 14.8 Å². The number of nitrogens with zero attached hydrogens (tertiary/aromatic N) is 2. The Bertz CT molecular complexity index is 608. The molecule has 1 atom stereocenters. The second-order valence-corrected chi connectivity index (χ2v) is 5.97. The molecule has 1 unspecified atom stereocenters. The van der Waals surface area contributed by atoms with E-state index in [9.17, 15) is 14.9 Å². The van der Waals surface area contributed by atoms with Gasteiger partial charge in [-0.2, -0.15) is 0 Å². The maximum atomic E-state index is 12.4. The molecule has 1 aromatic rings. The van der Waals surface area contributed by atoms with E-state index in [1.165, 1.54) is 12.1 Å². The molecule has 8 heteroatoms. The number of benzene rings is 1. The summed E-state index contributed by atoms with van der Waals surface area (Å²) in [5.41, 5.74) is 0.399. The number of likely N-dealkylation sites (N-methyl/N-ethyl adjacent to an activating group) is 1. The number of piperidine rings is 1.